The number of ether oxygens (including phenoxy) is 2. The summed E-state index contributed by atoms with van der Waals surface area (Å²) in [7, 11) is 0. The normalized spacial score (nSPS) is 22.7. The molecule has 7 heteroatoms. The van der Waals surface area contributed by atoms with Crippen LogP contribution in [0.25, 0.3) is 0 Å². The monoisotopic (exact) mass is 309 g/mol. The number of aromatic nitrogens is 2. The summed E-state index contributed by atoms with van der Waals surface area (Å²) in [4.78, 5) is 18.0. The molecule has 7 nitrogen and oxygen atoms in total. The van der Waals surface area contributed by atoms with Gasteiger partial charge in [-0.25, -0.2) is 4.79 Å². The lowest BCUT2D eigenvalue weighted by molar-refractivity contribution is -0.00187. The fraction of sp³-hybridized carbons (Fsp3) is 0.800. The largest absolute Gasteiger partial charge is 0.444 e. The molecule has 0 aliphatic carbocycles. The van der Waals surface area contributed by atoms with Gasteiger partial charge in [-0.1, -0.05) is 5.16 Å². The maximum atomic E-state index is 11.9. The molecule has 0 spiro atoms. The van der Waals surface area contributed by atoms with Crippen molar-refractivity contribution in [1.29, 1.82) is 0 Å². The van der Waals surface area contributed by atoms with Crippen LogP contribution in [-0.2, 0) is 15.9 Å². The van der Waals surface area contributed by atoms with Crippen LogP contribution >= 0.6 is 0 Å². The lowest BCUT2D eigenvalue weighted by Gasteiger charge is -2.39. The molecular weight excluding hydrogens is 286 g/mol. The van der Waals surface area contributed by atoms with Crippen LogP contribution in [0.15, 0.2) is 4.52 Å². The van der Waals surface area contributed by atoms with E-state index in [0.717, 1.165) is 19.4 Å². The van der Waals surface area contributed by atoms with Crippen molar-refractivity contribution in [3.05, 3.63) is 11.7 Å². The van der Waals surface area contributed by atoms with Gasteiger partial charge in [0.15, 0.2) is 0 Å². The van der Waals surface area contributed by atoms with Crippen LogP contribution in [0.3, 0.4) is 0 Å². The van der Waals surface area contributed by atoms with Crippen LogP contribution in [0.1, 0.15) is 51.4 Å². The van der Waals surface area contributed by atoms with E-state index in [1.165, 1.54) is 0 Å². The Bertz CT molecular complexity index is 525. The highest BCUT2D eigenvalue weighted by Gasteiger charge is 2.35. The SMILES string of the molecule is CC(C)(C)OC(=O)N1CC(Cc2nc(C3CCCO3)no2)C1. The highest BCUT2D eigenvalue weighted by molar-refractivity contribution is 5.69. The summed E-state index contributed by atoms with van der Waals surface area (Å²) in [5, 5.41) is 4.00. The highest BCUT2D eigenvalue weighted by Crippen LogP contribution is 2.27. The van der Waals surface area contributed by atoms with E-state index in [2.05, 4.69) is 10.1 Å². The van der Waals surface area contributed by atoms with Gasteiger partial charge in [-0.2, -0.15) is 4.98 Å². The number of nitrogens with zero attached hydrogens (tertiary/aromatic N) is 3. The van der Waals surface area contributed by atoms with Gasteiger partial charge in [0.2, 0.25) is 11.7 Å². The molecule has 0 saturated carbocycles. The Balaban J connectivity index is 1.45. The van der Waals surface area contributed by atoms with Gasteiger partial charge in [0.05, 0.1) is 0 Å². The van der Waals surface area contributed by atoms with E-state index in [4.69, 9.17) is 14.0 Å². The molecule has 2 fully saturated rings. The molecule has 1 aromatic heterocycles. The molecule has 0 radical (unpaired) electrons. The van der Waals surface area contributed by atoms with E-state index in [9.17, 15) is 4.79 Å². The Morgan fingerprint density at radius 1 is 1.41 bits per heavy atom. The first-order chi connectivity index (χ1) is 10.4. The topological polar surface area (TPSA) is 77.7 Å². The fourth-order valence-electron chi connectivity index (χ4n) is 2.68. The zero-order valence-corrected chi connectivity index (χ0v) is 13.4. The molecule has 122 valence electrons. The third kappa shape index (κ3) is 3.58. The average molecular weight is 309 g/mol. The van der Waals surface area contributed by atoms with Gasteiger partial charge in [0.25, 0.3) is 0 Å². The molecule has 3 heterocycles. The first-order valence-corrected chi connectivity index (χ1v) is 7.83. The summed E-state index contributed by atoms with van der Waals surface area (Å²) in [5.41, 5.74) is -0.454. The molecule has 2 aliphatic heterocycles. The standard InChI is InChI=1S/C15H23N3O4/c1-15(2,3)21-14(19)18-8-10(9-18)7-12-16-13(17-22-12)11-5-4-6-20-11/h10-11H,4-9H2,1-3H3. The van der Waals surface area contributed by atoms with Gasteiger partial charge in [0.1, 0.15) is 11.7 Å². The third-order valence-corrected chi connectivity index (χ3v) is 3.77. The predicted molar refractivity (Wildman–Crippen MR) is 77.2 cm³/mol. The van der Waals surface area contributed by atoms with Crippen LogP contribution in [0.5, 0.6) is 0 Å². The second-order valence-corrected chi connectivity index (χ2v) is 7.00. The molecule has 1 atom stereocenters. The molecule has 3 rings (SSSR count). The number of likely N-dealkylation sites (tertiary alicyclic amines) is 1. The van der Waals surface area contributed by atoms with E-state index in [0.29, 0.717) is 37.1 Å². The van der Waals surface area contributed by atoms with Gasteiger partial charge >= 0.3 is 6.09 Å². The van der Waals surface area contributed by atoms with E-state index >= 15 is 0 Å². The fourth-order valence-corrected chi connectivity index (χ4v) is 2.68. The first-order valence-electron chi connectivity index (χ1n) is 7.83. The van der Waals surface area contributed by atoms with Crippen molar-refractivity contribution in [3.63, 3.8) is 0 Å². The Labute approximate surface area is 129 Å². The van der Waals surface area contributed by atoms with Crippen LogP contribution in [0.2, 0.25) is 0 Å². The summed E-state index contributed by atoms with van der Waals surface area (Å²) >= 11 is 0. The Morgan fingerprint density at radius 2 is 2.18 bits per heavy atom. The Kier molecular flexibility index (Phi) is 4.08. The van der Waals surface area contributed by atoms with Crippen molar-refractivity contribution in [1.82, 2.24) is 15.0 Å². The third-order valence-electron chi connectivity index (χ3n) is 3.77. The summed E-state index contributed by atoms with van der Waals surface area (Å²) in [6.45, 7) is 7.72. The lowest BCUT2D eigenvalue weighted by atomic mass is 9.97. The molecule has 2 saturated heterocycles. The average Bonchev–Trinajstić information content (AvgIpc) is 3.01. The van der Waals surface area contributed by atoms with Crippen molar-refractivity contribution in [2.75, 3.05) is 19.7 Å². The summed E-state index contributed by atoms with van der Waals surface area (Å²) < 4.78 is 16.2. The second kappa shape index (κ2) is 5.87. The van der Waals surface area contributed by atoms with Gasteiger partial charge in [-0.05, 0) is 33.6 Å². The quantitative estimate of drug-likeness (QED) is 0.852. The van der Waals surface area contributed by atoms with Gasteiger partial charge < -0.3 is 18.9 Å². The summed E-state index contributed by atoms with van der Waals surface area (Å²) in [5.74, 6) is 1.63. The number of amides is 1. The van der Waals surface area contributed by atoms with Crippen LogP contribution in [0, 0.1) is 5.92 Å². The summed E-state index contributed by atoms with van der Waals surface area (Å²) in [6, 6.07) is 0. The van der Waals surface area contributed by atoms with Crippen molar-refractivity contribution >= 4 is 6.09 Å². The number of hydrogen-bond donors (Lipinski definition) is 0. The van der Waals surface area contributed by atoms with E-state index in [1.54, 1.807) is 4.90 Å². The van der Waals surface area contributed by atoms with Crippen LogP contribution < -0.4 is 0 Å². The maximum Gasteiger partial charge on any atom is 0.410 e. The molecule has 2 aliphatic rings. The number of carbonyl (C=O) groups is 1. The molecule has 1 aromatic rings. The van der Waals surface area contributed by atoms with Crippen molar-refractivity contribution in [2.24, 2.45) is 5.92 Å². The minimum atomic E-state index is -0.454. The molecule has 0 bridgehead atoms. The molecule has 22 heavy (non-hydrogen) atoms. The zero-order chi connectivity index (χ0) is 15.7. The van der Waals surface area contributed by atoms with Gasteiger partial charge in [-0.15, -0.1) is 0 Å². The number of carbonyl (C=O) groups excluding carboxylic acids is 1. The Morgan fingerprint density at radius 3 is 2.82 bits per heavy atom. The number of rotatable bonds is 3. The van der Waals surface area contributed by atoms with Crippen LogP contribution in [-0.4, -0.2) is 46.4 Å². The first kappa shape index (κ1) is 15.3. The molecule has 1 amide bonds. The Hall–Kier alpha value is -1.63. The number of hydrogen-bond acceptors (Lipinski definition) is 6. The molecule has 1 unspecified atom stereocenters. The second-order valence-electron chi connectivity index (χ2n) is 7.00. The van der Waals surface area contributed by atoms with Gasteiger partial charge in [-0.3, -0.25) is 0 Å². The highest BCUT2D eigenvalue weighted by atomic mass is 16.6. The van der Waals surface area contributed by atoms with E-state index < -0.39 is 5.60 Å². The molecule has 0 aromatic carbocycles. The zero-order valence-electron chi connectivity index (χ0n) is 13.4. The molecular formula is C15H23N3O4. The summed E-state index contributed by atoms with van der Waals surface area (Å²) in [6.07, 6.45) is 2.42. The van der Waals surface area contributed by atoms with Crippen LogP contribution in [0.4, 0.5) is 4.79 Å². The minimum Gasteiger partial charge on any atom is -0.444 e. The maximum absolute atomic E-state index is 11.9. The lowest BCUT2D eigenvalue weighted by Crippen LogP contribution is -2.52. The van der Waals surface area contributed by atoms with Gasteiger partial charge in [0, 0.05) is 32.0 Å². The van der Waals surface area contributed by atoms with Crippen molar-refractivity contribution < 1.29 is 18.8 Å². The minimum absolute atomic E-state index is 0.0165. The van der Waals surface area contributed by atoms with Crippen molar-refractivity contribution in [2.45, 2.75) is 51.7 Å². The van der Waals surface area contributed by atoms with E-state index in [-0.39, 0.29) is 12.2 Å². The predicted octanol–water partition coefficient (Wildman–Crippen LogP) is 2.33. The van der Waals surface area contributed by atoms with Crippen molar-refractivity contribution in [3.8, 4) is 0 Å². The van der Waals surface area contributed by atoms with E-state index in [1.807, 2.05) is 20.8 Å². The molecule has 0 N–H and O–H groups in total. The smallest absolute Gasteiger partial charge is 0.410 e.